The van der Waals surface area contributed by atoms with Crippen molar-refractivity contribution in [2.75, 3.05) is 18.5 Å². The molecule has 0 aliphatic carbocycles. The molecule has 6 heteroatoms. The number of hydrogen-bond acceptors (Lipinski definition) is 5. The Kier molecular flexibility index (Phi) is 5.68. The molecule has 2 aromatic heterocycles. The minimum Gasteiger partial charge on any atom is -0.477 e. The Morgan fingerprint density at radius 3 is 2.90 bits per heavy atom. The molecule has 1 aromatic carbocycles. The topological polar surface area (TPSA) is 73.3 Å². The lowest BCUT2D eigenvalue weighted by atomic mass is 9.89. The second-order valence-electron chi connectivity index (χ2n) is 8.45. The Bertz CT molecular complexity index is 1060. The van der Waals surface area contributed by atoms with Crippen molar-refractivity contribution in [1.29, 1.82) is 0 Å². The second-order valence-corrected chi connectivity index (χ2v) is 8.45. The summed E-state index contributed by atoms with van der Waals surface area (Å²) in [5, 5.41) is 4.81. The highest BCUT2D eigenvalue weighted by Gasteiger charge is 2.29. The Morgan fingerprint density at radius 2 is 2.10 bits per heavy atom. The number of hydrogen-bond donors (Lipinski definition) is 1. The van der Waals surface area contributed by atoms with Crippen molar-refractivity contribution in [3.8, 4) is 5.88 Å². The highest BCUT2D eigenvalue weighted by Crippen LogP contribution is 2.31. The van der Waals surface area contributed by atoms with E-state index in [0.29, 0.717) is 29.8 Å². The highest BCUT2D eigenvalue weighted by atomic mass is 16.5. The zero-order valence-electron chi connectivity index (χ0n) is 17.6. The standard InChI is InChI=1S/C24H27N3O3/c1-16-5-4-10-25-21(16)22(28)27-19-6-7-20-18(13-19)8-11-26-23(20)29-15-17-9-12-30-24(2,3)14-17/h4-8,10-11,13,17H,9,12,14-15H2,1-3H3,(H,27,28). The number of aryl methyl sites for hydroxylation is 1. The number of fused-ring (bicyclic) bond motifs is 1. The SMILES string of the molecule is Cc1cccnc1C(=O)Nc1ccc2c(OCC3CCOC(C)(C)C3)nccc2c1. The normalized spacial score (nSPS) is 18.2. The van der Waals surface area contributed by atoms with Crippen LogP contribution < -0.4 is 10.1 Å². The Labute approximate surface area is 176 Å². The van der Waals surface area contributed by atoms with E-state index in [2.05, 4.69) is 29.1 Å². The number of benzene rings is 1. The third-order valence-electron chi connectivity index (χ3n) is 5.47. The quantitative estimate of drug-likeness (QED) is 0.662. The van der Waals surface area contributed by atoms with Gasteiger partial charge in [-0.15, -0.1) is 0 Å². The van der Waals surface area contributed by atoms with Crippen LogP contribution in [0.1, 0.15) is 42.7 Å². The molecule has 1 amide bonds. The van der Waals surface area contributed by atoms with Crippen molar-refractivity contribution in [2.24, 2.45) is 5.92 Å². The fraction of sp³-hybridized carbons (Fsp3) is 0.375. The molecule has 1 N–H and O–H groups in total. The summed E-state index contributed by atoms with van der Waals surface area (Å²) in [5.41, 5.74) is 1.88. The van der Waals surface area contributed by atoms with E-state index in [9.17, 15) is 4.79 Å². The maximum atomic E-state index is 12.5. The Balaban J connectivity index is 1.48. The largest absolute Gasteiger partial charge is 0.477 e. The van der Waals surface area contributed by atoms with Crippen LogP contribution in [0.5, 0.6) is 5.88 Å². The minimum absolute atomic E-state index is 0.0997. The molecule has 156 valence electrons. The second kappa shape index (κ2) is 8.40. The molecule has 0 spiro atoms. The molecule has 0 bridgehead atoms. The predicted octanol–water partition coefficient (Wildman–Crippen LogP) is 4.77. The van der Waals surface area contributed by atoms with E-state index < -0.39 is 0 Å². The monoisotopic (exact) mass is 405 g/mol. The molecule has 3 aromatic rings. The minimum atomic E-state index is -0.222. The number of pyridine rings is 2. The molecule has 1 aliphatic heterocycles. The lowest BCUT2D eigenvalue weighted by molar-refractivity contribution is -0.0786. The van der Waals surface area contributed by atoms with Crippen LogP contribution in [0, 0.1) is 12.8 Å². The summed E-state index contributed by atoms with van der Waals surface area (Å²) in [4.78, 5) is 21.2. The highest BCUT2D eigenvalue weighted by molar-refractivity contribution is 6.05. The molecule has 1 unspecified atom stereocenters. The smallest absolute Gasteiger partial charge is 0.274 e. The summed E-state index contributed by atoms with van der Waals surface area (Å²) >= 11 is 0. The molecule has 1 fully saturated rings. The number of carbonyl (C=O) groups is 1. The van der Waals surface area contributed by atoms with Gasteiger partial charge >= 0.3 is 0 Å². The van der Waals surface area contributed by atoms with Crippen molar-refractivity contribution in [1.82, 2.24) is 9.97 Å². The first-order valence-corrected chi connectivity index (χ1v) is 10.3. The van der Waals surface area contributed by atoms with Crippen LogP contribution in [0.2, 0.25) is 0 Å². The molecule has 6 nitrogen and oxygen atoms in total. The Morgan fingerprint density at radius 1 is 1.23 bits per heavy atom. The maximum absolute atomic E-state index is 12.5. The van der Waals surface area contributed by atoms with E-state index in [1.807, 2.05) is 43.3 Å². The zero-order valence-corrected chi connectivity index (χ0v) is 17.6. The molecule has 1 saturated heterocycles. The molecule has 4 rings (SSSR count). The fourth-order valence-electron chi connectivity index (χ4n) is 3.95. The lowest BCUT2D eigenvalue weighted by Crippen LogP contribution is -2.36. The van der Waals surface area contributed by atoms with Gasteiger partial charge in [-0.1, -0.05) is 6.07 Å². The summed E-state index contributed by atoms with van der Waals surface area (Å²) in [6, 6.07) is 11.3. The van der Waals surface area contributed by atoms with E-state index in [-0.39, 0.29) is 11.5 Å². The fourth-order valence-corrected chi connectivity index (χ4v) is 3.95. The molecule has 0 saturated carbocycles. The van der Waals surface area contributed by atoms with Crippen LogP contribution in [0.25, 0.3) is 10.8 Å². The molecule has 1 aliphatic rings. The molecular formula is C24H27N3O3. The van der Waals surface area contributed by atoms with Crippen LogP contribution in [0.15, 0.2) is 48.8 Å². The summed E-state index contributed by atoms with van der Waals surface area (Å²) < 4.78 is 11.9. The maximum Gasteiger partial charge on any atom is 0.274 e. The molecule has 3 heterocycles. The zero-order chi connectivity index (χ0) is 21.1. The van der Waals surface area contributed by atoms with Crippen LogP contribution in [0.3, 0.4) is 0 Å². The molecule has 30 heavy (non-hydrogen) atoms. The van der Waals surface area contributed by atoms with Crippen molar-refractivity contribution in [2.45, 2.75) is 39.2 Å². The number of rotatable bonds is 5. The number of ether oxygens (including phenoxy) is 2. The third-order valence-corrected chi connectivity index (χ3v) is 5.47. The summed E-state index contributed by atoms with van der Waals surface area (Å²) in [7, 11) is 0. The molecule has 1 atom stereocenters. The van der Waals surface area contributed by atoms with E-state index >= 15 is 0 Å². The van der Waals surface area contributed by atoms with Crippen molar-refractivity contribution < 1.29 is 14.3 Å². The number of anilines is 1. The van der Waals surface area contributed by atoms with Gasteiger partial charge in [0.15, 0.2) is 0 Å². The van der Waals surface area contributed by atoms with Gasteiger partial charge in [0.2, 0.25) is 5.88 Å². The first-order chi connectivity index (χ1) is 14.4. The van der Waals surface area contributed by atoms with Gasteiger partial charge in [0, 0.05) is 30.1 Å². The predicted molar refractivity (Wildman–Crippen MR) is 117 cm³/mol. The average Bonchev–Trinajstić information content (AvgIpc) is 2.71. The Hall–Kier alpha value is -2.99. The van der Waals surface area contributed by atoms with Gasteiger partial charge in [-0.2, -0.15) is 0 Å². The lowest BCUT2D eigenvalue weighted by Gasteiger charge is -2.35. The van der Waals surface area contributed by atoms with Crippen LogP contribution >= 0.6 is 0 Å². The van der Waals surface area contributed by atoms with Gasteiger partial charge in [0.25, 0.3) is 5.91 Å². The number of nitrogens with zero attached hydrogens (tertiary/aromatic N) is 2. The number of carbonyl (C=O) groups excluding carboxylic acids is 1. The van der Waals surface area contributed by atoms with Crippen molar-refractivity contribution in [3.05, 3.63) is 60.0 Å². The van der Waals surface area contributed by atoms with Crippen LogP contribution in [-0.4, -0.2) is 34.7 Å². The summed E-state index contributed by atoms with van der Waals surface area (Å²) in [6.07, 6.45) is 5.33. The molecule has 0 radical (unpaired) electrons. The summed E-state index contributed by atoms with van der Waals surface area (Å²) in [5.74, 6) is 0.848. The number of aromatic nitrogens is 2. The van der Waals surface area contributed by atoms with Crippen LogP contribution in [0.4, 0.5) is 5.69 Å². The van der Waals surface area contributed by atoms with E-state index in [4.69, 9.17) is 9.47 Å². The van der Waals surface area contributed by atoms with Gasteiger partial charge in [-0.05, 0) is 80.8 Å². The van der Waals surface area contributed by atoms with Crippen molar-refractivity contribution >= 4 is 22.4 Å². The molecular weight excluding hydrogens is 378 g/mol. The van der Waals surface area contributed by atoms with Gasteiger partial charge in [-0.25, -0.2) is 4.98 Å². The average molecular weight is 405 g/mol. The van der Waals surface area contributed by atoms with Gasteiger partial charge in [0.05, 0.1) is 12.2 Å². The first kappa shape index (κ1) is 20.3. The van der Waals surface area contributed by atoms with E-state index in [1.165, 1.54) is 0 Å². The third kappa shape index (κ3) is 4.60. The van der Waals surface area contributed by atoms with Crippen LogP contribution in [-0.2, 0) is 4.74 Å². The van der Waals surface area contributed by atoms with Gasteiger partial charge < -0.3 is 14.8 Å². The van der Waals surface area contributed by atoms with Gasteiger partial charge in [0.1, 0.15) is 5.69 Å². The number of amides is 1. The summed E-state index contributed by atoms with van der Waals surface area (Å²) in [6.45, 7) is 7.51. The number of nitrogens with one attached hydrogen (secondary N) is 1. The van der Waals surface area contributed by atoms with E-state index in [1.54, 1.807) is 12.4 Å². The van der Waals surface area contributed by atoms with E-state index in [0.717, 1.165) is 35.8 Å². The first-order valence-electron chi connectivity index (χ1n) is 10.3. The van der Waals surface area contributed by atoms with Crippen molar-refractivity contribution in [3.63, 3.8) is 0 Å². The van der Waals surface area contributed by atoms with Gasteiger partial charge in [-0.3, -0.25) is 9.78 Å².